The Balaban J connectivity index is 2.08. The molecule has 0 aliphatic heterocycles. The molecule has 134 valence electrons. The van der Waals surface area contributed by atoms with E-state index in [0.717, 1.165) is 5.56 Å². The molecule has 26 heavy (non-hydrogen) atoms. The van der Waals surface area contributed by atoms with Crippen LogP contribution in [0.5, 0.6) is 5.75 Å². The Hall–Kier alpha value is -2.57. The molecule has 7 heteroatoms. The summed E-state index contributed by atoms with van der Waals surface area (Å²) in [6, 6.07) is 16.6. The second-order valence-electron chi connectivity index (χ2n) is 5.53. The normalized spacial score (nSPS) is 11.2. The van der Waals surface area contributed by atoms with Gasteiger partial charge in [-0.1, -0.05) is 23.7 Å². The number of rotatable bonds is 6. The maximum absolute atomic E-state index is 13.3. The number of sulfonamides is 1. The van der Waals surface area contributed by atoms with Crippen molar-refractivity contribution in [3.8, 4) is 5.75 Å². The summed E-state index contributed by atoms with van der Waals surface area (Å²) in [6.45, 7) is 0.145. The fraction of sp³-hybridized carbons (Fsp3) is 0.105. The fourth-order valence-electron chi connectivity index (χ4n) is 2.47. The van der Waals surface area contributed by atoms with Gasteiger partial charge in [-0.2, -0.15) is 0 Å². The van der Waals surface area contributed by atoms with E-state index in [1.54, 1.807) is 54.9 Å². The molecule has 0 fully saturated rings. The molecule has 5 nitrogen and oxygen atoms in total. The number of benzene rings is 2. The molecule has 3 rings (SSSR count). The Morgan fingerprint density at radius 1 is 1.08 bits per heavy atom. The van der Waals surface area contributed by atoms with Crippen LogP contribution in [0.15, 0.2) is 78.0 Å². The van der Waals surface area contributed by atoms with Crippen LogP contribution in [0.25, 0.3) is 0 Å². The van der Waals surface area contributed by atoms with E-state index in [1.165, 1.54) is 23.5 Å². The van der Waals surface area contributed by atoms with Crippen molar-refractivity contribution in [3.05, 3.63) is 83.6 Å². The second kappa shape index (κ2) is 7.76. The first-order valence-electron chi connectivity index (χ1n) is 7.82. The van der Waals surface area contributed by atoms with Gasteiger partial charge in [0.2, 0.25) is 0 Å². The zero-order chi connectivity index (χ0) is 18.6. The van der Waals surface area contributed by atoms with Crippen molar-refractivity contribution >= 4 is 27.3 Å². The zero-order valence-corrected chi connectivity index (χ0v) is 15.6. The van der Waals surface area contributed by atoms with Crippen LogP contribution in [0.4, 0.5) is 5.69 Å². The highest BCUT2D eigenvalue weighted by atomic mass is 35.5. The summed E-state index contributed by atoms with van der Waals surface area (Å²) >= 11 is 5.89. The lowest BCUT2D eigenvalue weighted by molar-refractivity contribution is 0.415. The smallest absolute Gasteiger partial charge is 0.264 e. The van der Waals surface area contributed by atoms with Gasteiger partial charge in [0, 0.05) is 23.5 Å². The van der Waals surface area contributed by atoms with Crippen LogP contribution in [-0.2, 0) is 16.6 Å². The highest BCUT2D eigenvalue weighted by Crippen LogP contribution is 2.29. The Morgan fingerprint density at radius 3 is 2.50 bits per heavy atom. The van der Waals surface area contributed by atoms with Crippen molar-refractivity contribution < 1.29 is 13.2 Å². The molecule has 0 bridgehead atoms. The SMILES string of the molecule is COc1cccc(N(Cc2cccnc2)S(=O)(=O)c2ccc(Cl)cc2)c1. The molecule has 1 heterocycles. The topological polar surface area (TPSA) is 59.5 Å². The molecule has 3 aromatic rings. The minimum atomic E-state index is -3.80. The Bertz CT molecular complexity index is 977. The molecule has 0 aliphatic carbocycles. The highest BCUT2D eigenvalue weighted by Gasteiger charge is 2.25. The Labute approximate surface area is 157 Å². The first kappa shape index (κ1) is 18.2. The maximum atomic E-state index is 13.3. The standard InChI is InChI=1S/C19H17ClN2O3S/c1-25-18-6-2-5-17(12-18)22(14-15-4-3-11-21-13-15)26(23,24)19-9-7-16(20)8-10-19/h2-13H,14H2,1H3. The summed E-state index contributed by atoms with van der Waals surface area (Å²) in [4.78, 5) is 4.23. The number of nitrogens with zero attached hydrogens (tertiary/aromatic N) is 2. The molecule has 0 amide bonds. The van der Waals surface area contributed by atoms with Gasteiger partial charge < -0.3 is 4.74 Å². The van der Waals surface area contributed by atoms with Gasteiger partial charge in [-0.05, 0) is 48.0 Å². The van der Waals surface area contributed by atoms with E-state index in [-0.39, 0.29) is 11.4 Å². The number of hydrogen-bond acceptors (Lipinski definition) is 4. The third kappa shape index (κ3) is 3.98. The minimum Gasteiger partial charge on any atom is -0.497 e. The average Bonchev–Trinajstić information content (AvgIpc) is 2.67. The number of pyridine rings is 1. The molecule has 0 aliphatic rings. The van der Waals surface area contributed by atoms with Gasteiger partial charge in [-0.15, -0.1) is 0 Å². The summed E-state index contributed by atoms with van der Waals surface area (Å²) in [5, 5.41) is 0.476. The number of methoxy groups -OCH3 is 1. The lowest BCUT2D eigenvalue weighted by Crippen LogP contribution is -2.30. The van der Waals surface area contributed by atoms with Crippen molar-refractivity contribution in [1.82, 2.24) is 4.98 Å². The molecular weight excluding hydrogens is 372 g/mol. The van der Waals surface area contributed by atoms with E-state index in [4.69, 9.17) is 16.3 Å². The first-order valence-corrected chi connectivity index (χ1v) is 9.64. The van der Waals surface area contributed by atoms with E-state index >= 15 is 0 Å². The fourth-order valence-corrected chi connectivity index (χ4v) is 4.04. The third-order valence-electron chi connectivity index (χ3n) is 3.79. The summed E-state index contributed by atoms with van der Waals surface area (Å²) in [6.07, 6.45) is 3.29. The molecule has 0 N–H and O–H groups in total. The van der Waals surface area contributed by atoms with Crippen LogP contribution in [0.1, 0.15) is 5.56 Å². The van der Waals surface area contributed by atoms with E-state index in [1.807, 2.05) is 6.07 Å². The molecule has 0 spiro atoms. The van der Waals surface area contributed by atoms with Gasteiger partial charge in [-0.25, -0.2) is 8.42 Å². The molecule has 0 saturated heterocycles. The predicted molar refractivity (Wildman–Crippen MR) is 102 cm³/mol. The van der Waals surface area contributed by atoms with E-state index < -0.39 is 10.0 Å². The lowest BCUT2D eigenvalue weighted by Gasteiger charge is -2.25. The van der Waals surface area contributed by atoms with Gasteiger partial charge in [0.25, 0.3) is 10.0 Å². The number of ether oxygens (including phenoxy) is 1. The third-order valence-corrected chi connectivity index (χ3v) is 5.83. The molecule has 0 atom stereocenters. The number of aromatic nitrogens is 1. The molecule has 0 radical (unpaired) electrons. The number of anilines is 1. The summed E-state index contributed by atoms with van der Waals surface area (Å²) in [5.41, 5.74) is 1.27. The minimum absolute atomic E-state index is 0.145. The second-order valence-corrected chi connectivity index (χ2v) is 7.83. The van der Waals surface area contributed by atoms with Crippen molar-refractivity contribution in [3.63, 3.8) is 0 Å². The van der Waals surface area contributed by atoms with Crippen LogP contribution in [0.3, 0.4) is 0 Å². The predicted octanol–water partition coefficient (Wildman–Crippen LogP) is 4.14. The Morgan fingerprint density at radius 2 is 1.85 bits per heavy atom. The summed E-state index contributed by atoms with van der Waals surface area (Å²) < 4.78 is 33.1. The van der Waals surface area contributed by atoms with Gasteiger partial charge in [0.1, 0.15) is 5.75 Å². The first-order chi connectivity index (χ1) is 12.5. The van der Waals surface area contributed by atoms with Crippen LogP contribution in [0.2, 0.25) is 5.02 Å². The van der Waals surface area contributed by atoms with Crippen molar-refractivity contribution in [2.24, 2.45) is 0 Å². The quantitative estimate of drug-likeness (QED) is 0.636. The van der Waals surface area contributed by atoms with Gasteiger partial charge in [0.05, 0.1) is 24.2 Å². The van der Waals surface area contributed by atoms with Gasteiger partial charge >= 0.3 is 0 Å². The van der Waals surface area contributed by atoms with Crippen LogP contribution in [0, 0.1) is 0 Å². The average molecular weight is 389 g/mol. The molecule has 0 saturated carbocycles. The van der Waals surface area contributed by atoms with Crippen LogP contribution in [-0.4, -0.2) is 20.5 Å². The molecular formula is C19H17ClN2O3S. The molecule has 1 aromatic heterocycles. The lowest BCUT2D eigenvalue weighted by atomic mass is 10.2. The summed E-state index contributed by atoms with van der Waals surface area (Å²) in [7, 11) is -2.26. The highest BCUT2D eigenvalue weighted by molar-refractivity contribution is 7.92. The number of hydrogen-bond donors (Lipinski definition) is 0. The van der Waals surface area contributed by atoms with Crippen LogP contribution >= 0.6 is 11.6 Å². The summed E-state index contributed by atoms with van der Waals surface area (Å²) in [5.74, 6) is 0.574. The Kier molecular flexibility index (Phi) is 5.44. The van der Waals surface area contributed by atoms with Gasteiger partial charge in [-0.3, -0.25) is 9.29 Å². The van der Waals surface area contributed by atoms with Gasteiger partial charge in [0.15, 0.2) is 0 Å². The van der Waals surface area contributed by atoms with E-state index in [0.29, 0.717) is 16.5 Å². The van der Waals surface area contributed by atoms with E-state index in [9.17, 15) is 8.42 Å². The monoisotopic (exact) mass is 388 g/mol. The maximum Gasteiger partial charge on any atom is 0.264 e. The van der Waals surface area contributed by atoms with E-state index in [2.05, 4.69) is 4.98 Å². The van der Waals surface area contributed by atoms with Crippen molar-refractivity contribution in [2.45, 2.75) is 11.4 Å². The largest absolute Gasteiger partial charge is 0.497 e. The van der Waals surface area contributed by atoms with Crippen molar-refractivity contribution in [1.29, 1.82) is 0 Å². The van der Waals surface area contributed by atoms with Crippen molar-refractivity contribution in [2.75, 3.05) is 11.4 Å². The number of halogens is 1. The molecule has 2 aromatic carbocycles. The van der Waals surface area contributed by atoms with Crippen LogP contribution < -0.4 is 9.04 Å². The molecule has 0 unspecified atom stereocenters. The zero-order valence-electron chi connectivity index (χ0n) is 14.0.